The molecule has 1 amide bonds. The topological polar surface area (TPSA) is 103 Å². The Bertz CT molecular complexity index is 859. The molecule has 0 aliphatic carbocycles. The van der Waals surface area contributed by atoms with Gasteiger partial charge < -0.3 is 14.0 Å². The second-order valence-corrected chi connectivity index (χ2v) is 6.93. The largest absolute Gasteiger partial charge is 0.466 e. The Balaban J connectivity index is 2.47. The van der Waals surface area contributed by atoms with Gasteiger partial charge in [0.25, 0.3) is 5.91 Å². The molecule has 0 spiro atoms. The van der Waals surface area contributed by atoms with Crippen LogP contribution in [-0.2, 0) is 25.6 Å². The first-order chi connectivity index (χ1) is 14.0. The summed E-state index contributed by atoms with van der Waals surface area (Å²) in [6.07, 6.45) is 5.99. The lowest BCUT2D eigenvalue weighted by atomic mass is 10.3. The lowest BCUT2D eigenvalue weighted by Gasteiger charge is -2.12. The van der Waals surface area contributed by atoms with Crippen LogP contribution in [0.3, 0.4) is 0 Å². The summed E-state index contributed by atoms with van der Waals surface area (Å²) in [5.74, 6) is -1.42. The number of amides is 1. The van der Waals surface area contributed by atoms with Gasteiger partial charge >= 0.3 is 11.9 Å². The van der Waals surface area contributed by atoms with E-state index in [2.05, 4.69) is 21.3 Å². The normalized spacial score (nSPS) is 16.5. The third kappa shape index (κ3) is 5.35. The summed E-state index contributed by atoms with van der Waals surface area (Å²) in [5, 5.41) is 0.288. The van der Waals surface area contributed by atoms with Crippen LogP contribution in [0.25, 0.3) is 0 Å². The van der Waals surface area contributed by atoms with Gasteiger partial charge in [-0.1, -0.05) is 19.4 Å². The third-order valence-electron chi connectivity index (χ3n) is 3.89. The Morgan fingerprint density at radius 1 is 1.38 bits per heavy atom. The molecule has 156 valence electrons. The van der Waals surface area contributed by atoms with E-state index in [0.29, 0.717) is 6.54 Å². The van der Waals surface area contributed by atoms with Gasteiger partial charge in [0.15, 0.2) is 16.7 Å². The summed E-state index contributed by atoms with van der Waals surface area (Å²) in [5.41, 5.74) is 0.227. The first-order valence-corrected chi connectivity index (χ1v) is 9.99. The van der Waals surface area contributed by atoms with E-state index in [9.17, 15) is 14.4 Å². The minimum Gasteiger partial charge on any atom is -0.466 e. The molecule has 0 unspecified atom stereocenters. The molecular formula is C19H24N4O5S. The van der Waals surface area contributed by atoms with Gasteiger partial charge in [-0.2, -0.15) is 0 Å². The number of carbonyl (C=O) groups excluding carboxylic acids is 3. The second kappa shape index (κ2) is 10.6. The van der Waals surface area contributed by atoms with E-state index in [0.717, 1.165) is 30.7 Å². The van der Waals surface area contributed by atoms with Gasteiger partial charge in [0.1, 0.15) is 0 Å². The number of nitrogens with zero attached hydrogens (tertiary/aromatic N) is 4. The van der Waals surface area contributed by atoms with E-state index in [4.69, 9.17) is 4.74 Å². The number of unbranched alkanes of at least 4 members (excludes halogenated alkanes) is 1. The van der Waals surface area contributed by atoms with E-state index in [1.807, 2.05) is 6.92 Å². The predicted molar refractivity (Wildman–Crippen MR) is 110 cm³/mol. The molecule has 1 fully saturated rings. The Morgan fingerprint density at radius 3 is 2.76 bits per heavy atom. The SMILES string of the molecule is C=CCN1C(=O)C(=CC(=O)OC)SC1=Nc1ncn(CCCC)c1C(=O)OCC. The molecule has 9 nitrogen and oxygen atoms in total. The molecule has 1 saturated heterocycles. The predicted octanol–water partition coefficient (Wildman–Crippen LogP) is 2.67. The highest BCUT2D eigenvalue weighted by Gasteiger charge is 2.34. The lowest BCUT2D eigenvalue weighted by Crippen LogP contribution is -2.29. The smallest absolute Gasteiger partial charge is 0.358 e. The number of imidazole rings is 1. The fourth-order valence-electron chi connectivity index (χ4n) is 2.50. The van der Waals surface area contributed by atoms with Crippen LogP contribution < -0.4 is 0 Å². The number of thioether (sulfide) groups is 1. The molecule has 0 atom stereocenters. The lowest BCUT2D eigenvalue weighted by molar-refractivity contribution is -0.135. The number of methoxy groups -OCH3 is 1. The van der Waals surface area contributed by atoms with Gasteiger partial charge in [0.2, 0.25) is 0 Å². The number of hydrogen-bond donors (Lipinski definition) is 0. The number of aliphatic imine (C=N–C) groups is 1. The Kier molecular flexibility index (Phi) is 8.20. The molecular weight excluding hydrogens is 396 g/mol. The van der Waals surface area contributed by atoms with Gasteiger partial charge in [-0.25, -0.2) is 19.6 Å². The molecule has 0 aromatic carbocycles. The summed E-state index contributed by atoms with van der Waals surface area (Å²) in [6, 6.07) is 0. The van der Waals surface area contributed by atoms with Crippen LogP contribution in [0, 0.1) is 0 Å². The van der Waals surface area contributed by atoms with E-state index in [1.165, 1.54) is 18.3 Å². The molecule has 1 aliphatic heterocycles. The van der Waals surface area contributed by atoms with Gasteiger partial charge in [-0.05, 0) is 25.1 Å². The maximum Gasteiger partial charge on any atom is 0.358 e. The molecule has 1 aliphatic rings. The molecule has 0 N–H and O–H groups in total. The van der Waals surface area contributed by atoms with Crippen molar-refractivity contribution >= 4 is 40.6 Å². The number of amidine groups is 1. The Morgan fingerprint density at radius 2 is 2.14 bits per heavy atom. The second-order valence-electron chi connectivity index (χ2n) is 5.92. The van der Waals surface area contributed by atoms with Gasteiger partial charge in [0.05, 0.1) is 24.9 Å². The standard InChI is InChI=1S/C19H24N4O5S/c1-5-8-10-22-12-20-16(15(22)18(26)28-7-3)21-19-23(9-6-2)17(25)13(29-19)11-14(24)27-4/h6,11-12H,2,5,7-10H2,1,3-4H3. The number of aromatic nitrogens is 2. The zero-order valence-corrected chi connectivity index (χ0v) is 17.5. The highest BCUT2D eigenvalue weighted by molar-refractivity contribution is 8.18. The average Bonchev–Trinajstić information content (AvgIpc) is 3.23. The first kappa shape index (κ1) is 22.4. The molecule has 10 heteroatoms. The molecule has 29 heavy (non-hydrogen) atoms. The van der Waals surface area contributed by atoms with Crippen molar-refractivity contribution in [3.05, 3.63) is 35.7 Å². The number of ether oxygens (including phenoxy) is 2. The Hall–Kier alpha value is -2.88. The van der Waals surface area contributed by atoms with Crippen LogP contribution in [0.2, 0.25) is 0 Å². The van der Waals surface area contributed by atoms with Crippen LogP contribution in [-0.4, -0.2) is 57.7 Å². The highest BCUT2D eigenvalue weighted by atomic mass is 32.2. The Labute approximate surface area is 173 Å². The first-order valence-electron chi connectivity index (χ1n) is 9.17. The van der Waals surface area contributed by atoms with Crippen molar-refractivity contribution in [1.82, 2.24) is 14.5 Å². The molecule has 0 bridgehead atoms. The third-order valence-corrected chi connectivity index (χ3v) is 4.90. The van der Waals surface area contributed by atoms with Crippen molar-refractivity contribution in [1.29, 1.82) is 0 Å². The van der Waals surface area contributed by atoms with Crippen LogP contribution >= 0.6 is 11.8 Å². The van der Waals surface area contributed by atoms with Crippen molar-refractivity contribution in [2.75, 3.05) is 20.3 Å². The van der Waals surface area contributed by atoms with Crippen LogP contribution in [0.4, 0.5) is 5.82 Å². The van der Waals surface area contributed by atoms with Crippen LogP contribution in [0.1, 0.15) is 37.2 Å². The fraction of sp³-hybridized carbons (Fsp3) is 0.421. The fourth-order valence-corrected chi connectivity index (χ4v) is 3.45. The van der Waals surface area contributed by atoms with Gasteiger partial charge in [-0.15, -0.1) is 6.58 Å². The minimum absolute atomic E-state index is 0.156. The van der Waals surface area contributed by atoms with Crippen molar-refractivity contribution in [3.8, 4) is 0 Å². The zero-order chi connectivity index (χ0) is 21.4. The number of hydrogen-bond acceptors (Lipinski definition) is 8. The molecule has 0 radical (unpaired) electrons. The maximum atomic E-state index is 12.6. The summed E-state index contributed by atoms with van der Waals surface area (Å²) < 4.78 is 11.4. The minimum atomic E-state index is -0.642. The monoisotopic (exact) mass is 420 g/mol. The van der Waals surface area contributed by atoms with E-state index < -0.39 is 17.8 Å². The summed E-state index contributed by atoms with van der Waals surface area (Å²) in [6.45, 7) is 8.42. The van der Waals surface area contributed by atoms with E-state index in [-0.39, 0.29) is 34.7 Å². The molecule has 1 aromatic heterocycles. The number of aryl methyl sites for hydroxylation is 1. The van der Waals surface area contributed by atoms with Crippen molar-refractivity contribution in [2.45, 2.75) is 33.2 Å². The van der Waals surface area contributed by atoms with Crippen LogP contribution in [0.15, 0.2) is 35.0 Å². The number of carbonyl (C=O) groups is 3. The summed E-state index contributed by atoms with van der Waals surface area (Å²) in [4.78, 5) is 46.8. The van der Waals surface area contributed by atoms with Crippen molar-refractivity contribution in [3.63, 3.8) is 0 Å². The zero-order valence-electron chi connectivity index (χ0n) is 16.7. The highest BCUT2D eigenvalue weighted by Crippen LogP contribution is 2.33. The van der Waals surface area contributed by atoms with Gasteiger partial charge in [0, 0.05) is 19.2 Å². The van der Waals surface area contributed by atoms with Crippen LogP contribution in [0.5, 0.6) is 0 Å². The quantitative estimate of drug-likeness (QED) is 0.344. The van der Waals surface area contributed by atoms with Crippen molar-refractivity contribution < 1.29 is 23.9 Å². The molecule has 1 aromatic rings. The van der Waals surface area contributed by atoms with Crippen molar-refractivity contribution in [2.24, 2.45) is 4.99 Å². The van der Waals surface area contributed by atoms with E-state index in [1.54, 1.807) is 17.6 Å². The summed E-state index contributed by atoms with van der Waals surface area (Å²) >= 11 is 1.00. The number of rotatable bonds is 9. The molecule has 0 saturated carbocycles. The molecule has 2 rings (SSSR count). The molecule has 2 heterocycles. The van der Waals surface area contributed by atoms with E-state index >= 15 is 0 Å². The maximum absolute atomic E-state index is 12.6. The average molecular weight is 420 g/mol. The summed E-state index contributed by atoms with van der Waals surface area (Å²) in [7, 11) is 1.23. The number of esters is 2. The van der Waals surface area contributed by atoms with Gasteiger partial charge in [-0.3, -0.25) is 9.69 Å².